The lowest BCUT2D eigenvalue weighted by Gasteiger charge is -2.33. The SMILES string of the molecule is CN1CCC(N2C(=O)c3cc4nc(-c5c(NCCc6ccccc6)cc[nH]c5=O)[nH]c4cc3C2=O)CC1.COC. The van der Waals surface area contributed by atoms with E-state index >= 15 is 0 Å². The molecular formula is C30H34N6O4. The first-order valence-corrected chi connectivity index (χ1v) is 13.4. The Morgan fingerprint density at radius 3 is 2.38 bits per heavy atom. The third-order valence-corrected chi connectivity index (χ3v) is 7.34. The Balaban J connectivity index is 0.00000103. The molecule has 2 aromatic carbocycles. The second kappa shape index (κ2) is 11.8. The highest BCUT2D eigenvalue weighted by Crippen LogP contribution is 2.32. The molecule has 6 rings (SSSR count). The van der Waals surface area contributed by atoms with E-state index < -0.39 is 0 Å². The highest BCUT2D eigenvalue weighted by Gasteiger charge is 2.41. The molecule has 0 bridgehead atoms. The van der Waals surface area contributed by atoms with Crippen molar-refractivity contribution in [3.8, 4) is 11.4 Å². The summed E-state index contributed by atoms with van der Waals surface area (Å²) >= 11 is 0. The van der Waals surface area contributed by atoms with Gasteiger partial charge in [-0.05, 0) is 63.2 Å². The number of aromatic nitrogens is 3. The number of ether oxygens (including phenoxy) is 1. The van der Waals surface area contributed by atoms with Gasteiger partial charge >= 0.3 is 0 Å². The lowest BCUT2D eigenvalue weighted by Crippen LogP contribution is -2.46. The van der Waals surface area contributed by atoms with Crippen molar-refractivity contribution < 1.29 is 14.3 Å². The summed E-state index contributed by atoms with van der Waals surface area (Å²) in [6.45, 7) is 2.36. The van der Waals surface area contributed by atoms with Crippen molar-refractivity contribution >= 4 is 28.5 Å². The summed E-state index contributed by atoms with van der Waals surface area (Å²) in [5, 5.41) is 3.35. The number of H-pyrrole nitrogens is 2. The second-order valence-corrected chi connectivity index (χ2v) is 10.2. The minimum atomic E-state index is -0.281. The molecule has 0 radical (unpaired) electrons. The Hall–Kier alpha value is -4.28. The number of imide groups is 1. The number of methoxy groups -OCH3 is 1. The Labute approximate surface area is 232 Å². The lowest BCUT2D eigenvalue weighted by atomic mass is 10.0. The van der Waals surface area contributed by atoms with Crippen molar-refractivity contribution in [1.82, 2.24) is 24.8 Å². The van der Waals surface area contributed by atoms with Crippen molar-refractivity contribution in [3.63, 3.8) is 0 Å². The number of aromatic amines is 2. The summed E-state index contributed by atoms with van der Waals surface area (Å²) in [7, 11) is 5.30. The third-order valence-electron chi connectivity index (χ3n) is 7.34. The molecule has 4 heterocycles. The Bertz CT molecular complexity index is 1520. The molecule has 10 nitrogen and oxygen atoms in total. The number of pyridine rings is 1. The average molecular weight is 543 g/mol. The Morgan fingerprint density at radius 1 is 1.00 bits per heavy atom. The van der Waals surface area contributed by atoms with Crippen LogP contribution in [-0.2, 0) is 11.2 Å². The molecule has 2 aliphatic heterocycles. The van der Waals surface area contributed by atoms with Gasteiger partial charge in [0.1, 0.15) is 11.4 Å². The van der Waals surface area contributed by atoms with Gasteiger partial charge < -0.3 is 24.9 Å². The number of hydrogen-bond acceptors (Lipinski definition) is 7. The van der Waals surface area contributed by atoms with Gasteiger partial charge in [0.2, 0.25) is 0 Å². The van der Waals surface area contributed by atoms with Crippen molar-refractivity contribution in [2.24, 2.45) is 0 Å². The molecule has 2 amide bonds. The van der Waals surface area contributed by atoms with Crippen molar-refractivity contribution in [2.75, 3.05) is 46.2 Å². The Kier molecular flexibility index (Phi) is 8.09. The van der Waals surface area contributed by atoms with Crippen LogP contribution in [-0.4, -0.2) is 83.5 Å². The number of piperidine rings is 1. The topological polar surface area (TPSA) is 123 Å². The van der Waals surface area contributed by atoms with Gasteiger partial charge in [0.25, 0.3) is 17.4 Å². The van der Waals surface area contributed by atoms with Crippen molar-refractivity contribution in [1.29, 1.82) is 0 Å². The van der Waals surface area contributed by atoms with Crippen LogP contribution in [0.5, 0.6) is 0 Å². The molecule has 1 saturated heterocycles. The fourth-order valence-electron chi connectivity index (χ4n) is 5.31. The van der Waals surface area contributed by atoms with Gasteiger partial charge in [0.05, 0.1) is 27.8 Å². The van der Waals surface area contributed by atoms with Crippen LogP contribution in [0.25, 0.3) is 22.4 Å². The van der Waals surface area contributed by atoms with Gasteiger partial charge in [-0.15, -0.1) is 0 Å². The second-order valence-electron chi connectivity index (χ2n) is 10.2. The molecule has 0 spiro atoms. The van der Waals surface area contributed by atoms with E-state index in [1.54, 1.807) is 38.6 Å². The molecule has 208 valence electrons. The van der Waals surface area contributed by atoms with Crippen molar-refractivity contribution in [3.05, 3.63) is 81.8 Å². The van der Waals surface area contributed by atoms with E-state index in [4.69, 9.17) is 0 Å². The quantitative estimate of drug-likeness (QED) is 0.319. The van der Waals surface area contributed by atoms with Gasteiger partial charge in [-0.3, -0.25) is 19.3 Å². The summed E-state index contributed by atoms with van der Waals surface area (Å²) in [5.74, 6) is -0.134. The normalized spacial score (nSPS) is 15.7. The van der Waals surface area contributed by atoms with Crippen LogP contribution in [0.4, 0.5) is 5.69 Å². The van der Waals surface area contributed by atoms with Gasteiger partial charge in [-0.25, -0.2) is 4.98 Å². The summed E-state index contributed by atoms with van der Waals surface area (Å²) in [6, 6.07) is 15.2. The van der Waals surface area contributed by atoms with Crippen LogP contribution >= 0.6 is 0 Å². The predicted octanol–water partition coefficient (Wildman–Crippen LogP) is 3.53. The van der Waals surface area contributed by atoms with Crippen LogP contribution in [0.3, 0.4) is 0 Å². The van der Waals surface area contributed by atoms with E-state index in [1.807, 2.05) is 25.2 Å². The predicted molar refractivity (Wildman–Crippen MR) is 155 cm³/mol. The number of nitrogens with zero attached hydrogens (tertiary/aromatic N) is 3. The molecule has 10 heteroatoms. The maximum absolute atomic E-state index is 13.2. The highest BCUT2D eigenvalue weighted by molar-refractivity contribution is 6.23. The standard InChI is InChI=1S/C28H28N6O3.C2H6O/c1-33-13-9-18(10-14-33)34-27(36)19-15-22-23(16-20(19)28(34)37)32-25(31-22)24-21(8-12-30-26(24)35)29-11-7-17-5-3-2-4-6-17;1-3-2/h2-6,8,12,15-16,18H,7,9-11,13-14H2,1H3,(H,31,32)(H2,29,30,35);1-2H3. The monoisotopic (exact) mass is 542 g/mol. The zero-order valence-corrected chi connectivity index (χ0v) is 23.0. The van der Waals surface area contributed by atoms with E-state index in [9.17, 15) is 14.4 Å². The van der Waals surface area contributed by atoms with Gasteiger partial charge in [-0.1, -0.05) is 30.3 Å². The number of imidazole rings is 1. The first-order valence-electron chi connectivity index (χ1n) is 13.4. The fraction of sp³-hybridized carbons (Fsp3) is 0.333. The van der Waals surface area contributed by atoms with E-state index in [2.05, 4.69) is 42.0 Å². The molecule has 2 aliphatic rings. The van der Waals surface area contributed by atoms with Crippen LogP contribution < -0.4 is 10.9 Å². The number of nitrogens with one attached hydrogen (secondary N) is 3. The number of carbonyl (C=O) groups excluding carboxylic acids is 2. The van der Waals surface area contributed by atoms with E-state index in [-0.39, 0.29) is 23.4 Å². The molecule has 2 aromatic heterocycles. The molecule has 4 aromatic rings. The average Bonchev–Trinajstić information content (AvgIpc) is 3.47. The van der Waals surface area contributed by atoms with Crippen LogP contribution in [0.1, 0.15) is 39.1 Å². The van der Waals surface area contributed by atoms with Crippen LogP contribution in [0.2, 0.25) is 0 Å². The van der Waals surface area contributed by atoms with Gasteiger partial charge in [0, 0.05) is 33.0 Å². The number of amides is 2. The van der Waals surface area contributed by atoms with Crippen LogP contribution in [0, 0.1) is 0 Å². The minimum Gasteiger partial charge on any atom is -0.388 e. The first-order chi connectivity index (χ1) is 19.4. The molecule has 40 heavy (non-hydrogen) atoms. The van der Waals surface area contributed by atoms with E-state index in [0.717, 1.165) is 32.4 Å². The zero-order chi connectivity index (χ0) is 28.2. The smallest absolute Gasteiger partial charge is 0.261 e. The number of fused-ring (bicyclic) bond motifs is 2. The van der Waals surface area contributed by atoms with Gasteiger partial charge in [0.15, 0.2) is 0 Å². The number of benzene rings is 2. The lowest BCUT2D eigenvalue weighted by molar-refractivity contribution is 0.0516. The molecule has 0 saturated carbocycles. The van der Waals surface area contributed by atoms with Gasteiger partial charge in [-0.2, -0.15) is 0 Å². The first kappa shape index (κ1) is 27.3. The summed E-state index contributed by atoms with van der Waals surface area (Å²) in [5.41, 5.74) is 3.87. The summed E-state index contributed by atoms with van der Waals surface area (Å²) in [4.78, 5) is 53.5. The number of hydrogen-bond donors (Lipinski definition) is 3. The third kappa shape index (κ3) is 5.41. The molecular weight excluding hydrogens is 508 g/mol. The Morgan fingerprint density at radius 2 is 1.68 bits per heavy atom. The summed E-state index contributed by atoms with van der Waals surface area (Å²) < 4.78 is 4.25. The highest BCUT2D eigenvalue weighted by atomic mass is 16.4. The molecule has 3 N–H and O–H groups in total. The molecule has 1 fully saturated rings. The number of likely N-dealkylation sites (tertiary alicyclic amines) is 1. The fourth-order valence-corrected chi connectivity index (χ4v) is 5.31. The molecule has 0 atom stereocenters. The maximum Gasteiger partial charge on any atom is 0.261 e. The largest absolute Gasteiger partial charge is 0.388 e. The number of anilines is 1. The minimum absolute atomic E-state index is 0.0853. The number of rotatable bonds is 6. The zero-order valence-electron chi connectivity index (χ0n) is 23.0. The molecule has 0 unspecified atom stereocenters. The summed E-state index contributed by atoms with van der Waals surface area (Å²) in [6.07, 6.45) is 3.96. The number of carbonyl (C=O) groups is 2. The van der Waals surface area contributed by atoms with E-state index in [1.165, 1.54) is 10.5 Å². The van der Waals surface area contributed by atoms with E-state index in [0.29, 0.717) is 45.8 Å². The maximum atomic E-state index is 13.2. The molecule has 0 aliphatic carbocycles. The van der Waals surface area contributed by atoms with Crippen molar-refractivity contribution in [2.45, 2.75) is 25.3 Å². The van der Waals surface area contributed by atoms with Crippen LogP contribution in [0.15, 0.2) is 59.5 Å².